The standard InChI is InChI=1S/C12H10O2S/c1-3-4-9(2)11-7-10(8-15-11)5-6-12(13)14/h3-4,7-8H,2H2,1H3,(H,13,14)/b4-3-. The number of carboxylic acids is 1. The van der Waals surface area contributed by atoms with E-state index in [4.69, 9.17) is 5.11 Å². The molecule has 0 spiro atoms. The highest BCUT2D eigenvalue weighted by atomic mass is 32.1. The predicted octanol–water partition coefficient (Wildman–Crippen LogP) is 2.77. The Morgan fingerprint density at radius 1 is 1.67 bits per heavy atom. The molecule has 0 aromatic carbocycles. The first kappa shape index (κ1) is 11.3. The minimum Gasteiger partial charge on any atom is -0.472 e. The largest absolute Gasteiger partial charge is 0.472 e. The number of aliphatic carboxylic acids is 1. The molecule has 0 aliphatic rings. The van der Waals surface area contributed by atoms with Gasteiger partial charge >= 0.3 is 5.97 Å². The molecule has 0 saturated heterocycles. The van der Waals surface area contributed by atoms with Gasteiger partial charge in [0.2, 0.25) is 0 Å². The first-order valence-electron chi connectivity index (χ1n) is 4.29. The van der Waals surface area contributed by atoms with Gasteiger partial charge in [0.05, 0.1) is 0 Å². The lowest BCUT2D eigenvalue weighted by Crippen LogP contribution is -1.86. The zero-order valence-electron chi connectivity index (χ0n) is 8.28. The summed E-state index contributed by atoms with van der Waals surface area (Å²) in [4.78, 5) is 11.2. The Labute approximate surface area is 92.6 Å². The topological polar surface area (TPSA) is 37.3 Å². The van der Waals surface area contributed by atoms with Gasteiger partial charge in [-0.05, 0) is 18.6 Å². The highest BCUT2D eigenvalue weighted by Gasteiger charge is 1.99. The van der Waals surface area contributed by atoms with Gasteiger partial charge in [0.25, 0.3) is 0 Å². The summed E-state index contributed by atoms with van der Waals surface area (Å²) in [5, 5.41) is 10.2. The van der Waals surface area contributed by atoms with E-state index in [1.54, 1.807) is 0 Å². The lowest BCUT2D eigenvalue weighted by Gasteiger charge is -1.91. The molecule has 15 heavy (non-hydrogen) atoms. The van der Waals surface area contributed by atoms with Crippen LogP contribution in [0, 0.1) is 11.8 Å². The van der Waals surface area contributed by atoms with Crippen molar-refractivity contribution in [2.24, 2.45) is 0 Å². The van der Waals surface area contributed by atoms with Crippen LogP contribution < -0.4 is 0 Å². The normalized spacial score (nSPS) is 9.67. The maximum atomic E-state index is 10.2. The fourth-order valence-electron chi connectivity index (χ4n) is 0.979. The second-order valence-corrected chi connectivity index (χ2v) is 3.69. The smallest absolute Gasteiger partial charge is 0.382 e. The molecule has 1 rings (SSSR count). The Hall–Kier alpha value is -1.79. The molecule has 1 heterocycles. The Morgan fingerprint density at radius 3 is 3.00 bits per heavy atom. The zero-order valence-corrected chi connectivity index (χ0v) is 9.10. The molecule has 0 saturated carbocycles. The monoisotopic (exact) mass is 218 g/mol. The number of carbonyl (C=O) groups is 1. The molecule has 0 unspecified atom stereocenters. The Kier molecular flexibility index (Phi) is 3.90. The summed E-state index contributed by atoms with van der Waals surface area (Å²) in [6.07, 6.45) is 3.81. The van der Waals surface area contributed by atoms with E-state index in [-0.39, 0.29) is 0 Å². The van der Waals surface area contributed by atoms with Crippen LogP contribution in [0.2, 0.25) is 0 Å². The van der Waals surface area contributed by atoms with Gasteiger partial charge in [0.1, 0.15) is 0 Å². The van der Waals surface area contributed by atoms with Crippen molar-refractivity contribution >= 4 is 22.9 Å². The molecule has 1 N–H and O–H groups in total. The van der Waals surface area contributed by atoms with Gasteiger partial charge in [0, 0.05) is 21.7 Å². The molecule has 0 radical (unpaired) electrons. The van der Waals surface area contributed by atoms with Crippen LogP contribution in [0.4, 0.5) is 0 Å². The van der Waals surface area contributed by atoms with Crippen LogP contribution in [0.1, 0.15) is 17.4 Å². The molecule has 0 fully saturated rings. The molecule has 0 aliphatic heterocycles. The average Bonchev–Trinajstić information content (AvgIpc) is 2.63. The SMILES string of the molecule is C=C(/C=C\C)c1cc(C#CC(=O)O)cs1. The number of rotatable bonds is 2. The van der Waals surface area contributed by atoms with Gasteiger partial charge in [-0.2, -0.15) is 0 Å². The third kappa shape index (κ3) is 3.45. The summed E-state index contributed by atoms with van der Waals surface area (Å²) in [5.41, 5.74) is 1.62. The van der Waals surface area contributed by atoms with E-state index < -0.39 is 5.97 Å². The third-order valence-electron chi connectivity index (χ3n) is 1.60. The van der Waals surface area contributed by atoms with E-state index in [0.29, 0.717) is 5.56 Å². The van der Waals surface area contributed by atoms with E-state index in [1.165, 1.54) is 11.3 Å². The minimum absolute atomic E-state index is 0.711. The summed E-state index contributed by atoms with van der Waals surface area (Å²) < 4.78 is 0. The summed E-state index contributed by atoms with van der Waals surface area (Å²) in [6, 6.07) is 1.84. The summed E-state index contributed by atoms with van der Waals surface area (Å²) >= 11 is 1.50. The number of allylic oxidation sites excluding steroid dienone is 3. The lowest BCUT2D eigenvalue weighted by molar-refractivity contribution is -0.130. The summed E-state index contributed by atoms with van der Waals surface area (Å²) in [7, 11) is 0. The summed E-state index contributed by atoms with van der Waals surface area (Å²) in [6.45, 7) is 5.80. The minimum atomic E-state index is -1.12. The van der Waals surface area contributed by atoms with Crippen LogP contribution in [-0.2, 0) is 4.79 Å². The molecule has 1 aromatic rings. The number of thiophene rings is 1. The van der Waals surface area contributed by atoms with Crippen LogP contribution in [0.25, 0.3) is 5.57 Å². The van der Waals surface area contributed by atoms with Crippen molar-refractivity contribution in [3.63, 3.8) is 0 Å². The van der Waals surface area contributed by atoms with Crippen molar-refractivity contribution in [2.45, 2.75) is 6.92 Å². The van der Waals surface area contributed by atoms with E-state index in [0.717, 1.165) is 10.5 Å². The fourth-order valence-corrected chi connectivity index (χ4v) is 1.77. The van der Waals surface area contributed by atoms with Gasteiger partial charge in [-0.25, -0.2) is 4.79 Å². The maximum absolute atomic E-state index is 10.2. The van der Waals surface area contributed by atoms with Gasteiger partial charge in [-0.1, -0.05) is 24.7 Å². The first-order valence-corrected chi connectivity index (χ1v) is 5.17. The molecule has 1 aromatic heterocycles. The van der Waals surface area contributed by atoms with Crippen molar-refractivity contribution in [3.8, 4) is 11.8 Å². The van der Waals surface area contributed by atoms with Crippen LogP contribution in [0.15, 0.2) is 30.2 Å². The molecule has 0 amide bonds. The van der Waals surface area contributed by atoms with E-state index in [2.05, 4.69) is 18.4 Å². The fraction of sp³-hybridized carbons (Fsp3) is 0.0833. The van der Waals surface area contributed by atoms with Gasteiger partial charge < -0.3 is 5.11 Å². The van der Waals surface area contributed by atoms with Gasteiger partial charge in [-0.15, -0.1) is 11.3 Å². The number of hydrogen-bond donors (Lipinski definition) is 1. The van der Waals surface area contributed by atoms with Crippen LogP contribution in [0.5, 0.6) is 0 Å². The van der Waals surface area contributed by atoms with Crippen LogP contribution >= 0.6 is 11.3 Å². The molecule has 0 aliphatic carbocycles. The van der Waals surface area contributed by atoms with Crippen LogP contribution in [0.3, 0.4) is 0 Å². The first-order chi connectivity index (χ1) is 7.13. The van der Waals surface area contributed by atoms with Crippen molar-refractivity contribution < 1.29 is 9.90 Å². The Morgan fingerprint density at radius 2 is 2.40 bits per heavy atom. The van der Waals surface area contributed by atoms with Crippen molar-refractivity contribution in [2.75, 3.05) is 0 Å². The number of hydrogen-bond acceptors (Lipinski definition) is 2. The molecule has 3 heteroatoms. The van der Waals surface area contributed by atoms with Gasteiger partial charge in [-0.3, -0.25) is 0 Å². The second kappa shape index (κ2) is 5.18. The molecule has 76 valence electrons. The zero-order chi connectivity index (χ0) is 11.3. The maximum Gasteiger partial charge on any atom is 0.382 e. The van der Waals surface area contributed by atoms with E-state index in [9.17, 15) is 4.79 Å². The van der Waals surface area contributed by atoms with Crippen molar-refractivity contribution in [1.82, 2.24) is 0 Å². The van der Waals surface area contributed by atoms with Gasteiger partial charge in [0.15, 0.2) is 0 Å². The van der Waals surface area contributed by atoms with E-state index in [1.807, 2.05) is 30.5 Å². The van der Waals surface area contributed by atoms with Crippen molar-refractivity contribution in [3.05, 3.63) is 40.6 Å². The molecule has 2 nitrogen and oxygen atoms in total. The third-order valence-corrected chi connectivity index (χ3v) is 2.60. The highest BCUT2D eigenvalue weighted by Crippen LogP contribution is 2.22. The molecule has 0 bridgehead atoms. The Balaban J connectivity index is 2.87. The van der Waals surface area contributed by atoms with Crippen molar-refractivity contribution in [1.29, 1.82) is 0 Å². The molecular formula is C12H10O2S. The highest BCUT2D eigenvalue weighted by molar-refractivity contribution is 7.11. The van der Waals surface area contributed by atoms with Crippen LogP contribution in [-0.4, -0.2) is 11.1 Å². The lowest BCUT2D eigenvalue weighted by atomic mass is 10.2. The average molecular weight is 218 g/mol. The predicted molar refractivity (Wildman–Crippen MR) is 62.7 cm³/mol. The second-order valence-electron chi connectivity index (χ2n) is 2.78. The summed E-state index contributed by atoms with van der Waals surface area (Å²) in [5.74, 6) is 3.51. The number of carboxylic acid groups (broad SMARTS) is 1. The molecular weight excluding hydrogens is 208 g/mol. The quantitative estimate of drug-likeness (QED) is 0.612. The van der Waals surface area contributed by atoms with E-state index >= 15 is 0 Å². The molecule has 0 atom stereocenters. The Bertz CT molecular complexity index is 469.